The van der Waals surface area contributed by atoms with E-state index in [0.717, 1.165) is 4.73 Å². The molecule has 1 amide bonds. The van der Waals surface area contributed by atoms with E-state index in [4.69, 9.17) is 16.3 Å². The number of aromatic nitrogens is 1. The molecular formula is C15H15ClN2O3S. The van der Waals surface area contributed by atoms with Gasteiger partial charge in [-0.2, -0.15) is 4.73 Å². The number of hydrogen-bond acceptors (Lipinski definition) is 4. The van der Waals surface area contributed by atoms with Crippen LogP contribution in [-0.2, 0) is 4.79 Å². The Kier molecular flexibility index (Phi) is 5.51. The van der Waals surface area contributed by atoms with E-state index in [-0.39, 0.29) is 5.91 Å². The first-order chi connectivity index (χ1) is 10.5. The lowest BCUT2D eigenvalue weighted by Gasteiger charge is -2.12. The van der Waals surface area contributed by atoms with Crippen LogP contribution in [0.3, 0.4) is 0 Å². The fraction of sp³-hybridized carbons (Fsp3) is 0.200. The first-order valence-corrected chi connectivity index (χ1v) is 7.76. The fourth-order valence-corrected chi connectivity index (χ4v) is 2.83. The van der Waals surface area contributed by atoms with Crippen LogP contribution in [0.2, 0.25) is 5.02 Å². The van der Waals surface area contributed by atoms with E-state index in [0.29, 0.717) is 21.5 Å². The molecule has 0 radical (unpaired) electrons. The molecule has 116 valence electrons. The van der Waals surface area contributed by atoms with E-state index in [1.54, 1.807) is 43.3 Å². The maximum atomic E-state index is 12.2. The maximum Gasteiger partial charge on any atom is 0.252 e. The van der Waals surface area contributed by atoms with Crippen molar-refractivity contribution in [2.75, 3.05) is 12.4 Å². The molecule has 1 heterocycles. The topological polar surface area (TPSA) is 65.3 Å². The summed E-state index contributed by atoms with van der Waals surface area (Å²) in [6.45, 7) is 1.73. The number of methoxy groups -OCH3 is 1. The van der Waals surface area contributed by atoms with Crippen molar-refractivity contribution in [3.63, 3.8) is 0 Å². The van der Waals surface area contributed by atoms with Crippen molar-refractivity contribution in [1.29, 1.82) is 0 Å². The molecule has 1 aromatic heterocycles. The number of ether oxygens (including phenoxy) is 1. The van der Waals surface area contributed by atoms with Gasteiger partial charge in [0.1, 0.15) is 5.75 Å². The molecule has 0 saturated heterocycles. The number of carbonyl (C=O) groups is 1. The monoisotopic (exact) mass is 338 g/mol. The maximum absolute atomic E-state index is 12.2. The molecule has 0 bridgehead atoms. The highest BCUT2D eigenvalue weighted by atomic mass is 35.5. The SMILES string of the molecule is COc1ccc(NC(=O)C(C)Sc2cccc[n+]2[O-])cc1Cl. The summed E-state index contributed by atoms with van der Waals surface area (Å²) in [7, 11) is 1.52. The second-order valence-electron chi connectivity index (χ2n) is 4.46. The number of rotatable bonds is 5. The molecule has 1 aromatic carbocycles. The molecule has 5 nitrogen and oxygen atoms in total. The molecule has 2 rings (SSSR count). The minimum atomic E-state index is -0.427. The lowest BCUT2D eigenvalue weighted by molar-refractivity contribution is -0.645. The molecule has 0 aliphatic heterocycles. The van der Waals surface area contributed by atoms with Crippen LogP contribution in [0.25, 0.3) is 0 Å². The number of nitrogens with one attached hydrogen (secondary N) is 1. The molecule has 1 N–H and O–H groups in total. The minimum absolute atomic E-state index is 0.213. The van der Waals surface area contributed by atoms with Gasteiger partial charge in [0, 0.05) is 17.8 Å². The van der Waals surface area contributed by atoms with Gasteiger partial charge in [-0.15, -0.1) is 0 Å². The smallest absolute Gasteiger partial charge is 0.252 e. The third-order valence-corrected chi connectivity index (χ3v) is 4.30. The number of benzene rings is 1. The minimum Gasteiger partial charge on any atom is -0.618 e. The van der Waals surface area contributed by atoms with Gasteiger partial charge in [0.25, 0.3) is 5.03 Å². The average molecular weight is 339 g/mol. The lowest BCUT2D eigenvalue weighted by atomic mass is 10.3. The normalized spacial score (nSPS) is 11.8. The van der Waals surface area contributed by atoms with E-state index in [1.165, 1.54) is 25.1 Å². The fourth-order valence-electron chi connectivity index (χ4n) is 1.73. The Morgan fingerprint density at radius 3 is 2.82 bits per heavy atom. The van der Waals surface area contributed by atoms with Gasteiger partial charge in [0.15, 0.2) is 6.20 Å². The van der Waals surface area contributed by atoms with Crippen LogP contribution < -0.4 is 14.8 Å². The van der Waals surface area contributed by atoms with Gasteiger partial charge in [-0.25, -0.2) is 0 Å². The number of hydrogen-bond donors (Lipinski definition) is 1. The van der Waals surface area contributed by atoms with Crippen molar-refractivity contribution in [2.45, 2.75) is 17.2 Å². The van der Waals surface area contributed by atoms with Gasteiger partial charge in [-0.3, -0.25) is 4.79 Å². The van der Waals surface area contributed by atoms with Gasteiger partial charge in [-0.05, 0) is 43.0 Å². The zero-order valence-corrected chi connectivity index (χ0v) is 13.6. The highest BCUT2D eigenvalue weighted by Gasteiger charge is 2.19. The quantitative estimate of drug-likeness (QED) is 0.517. The molecule has 1 atom stereocenters. The van der Waals surface area contributed by atoms with Gasteiger partial charge in [0.05, 0.1) is 17.4 Å². The summed E-state index contributed by atoms with van der Waals surface area (Å²) in [5.41, 5.74) is 0.575. The number of halogens is 1. The molecule has 0 aliphatic carbocycles. The van der Waals surface area contributed by atoms with Crippen molar-refractivity contribution in [3.8, 4) is 5.75 Å². The van der Waals surface area contributed by atoms with E-state index < -0.39 is 5.25 Å². The predicted octanol–water partition coefficient (Wildman–Crippen LogP) is 3.10. The average Bonchev–Trinajstić information content (AvgIpc) is 2.49. The number of amides is 1. The van der Waals surface area contributed by atoms with E-state index in [2.05, 4.69) is 5.32 Å². The molecule has 0 fully saturated rings. The van der Waals surface area contributed by atoms with E-state index >= 15 is 0 Å². The van der Waals surface area contributed by atoms with Crippen LogP contribution >= 0.6 is 23.4 Å². The Balaban J connectivity index is 2.02. The third-order valence-electron chi connectivity index (χ3n) is 2.87. The summed E-state index contributed by atoms with van der Waals surface area (Å²) >= 11 is 7.21. The van der Waals surface area contributed by atoms with Gasteiger partial charge in [-0.1, -0.05) is 11.6 Å². The highest BCUT2D eigenvalue weighted by molar-refractivity contribution is 8.00. The molecule has 0 saturated carbocycles. The Labute approximate surface area is 137 Å². The largest absolute Gasteiger partial charge is 0.618 e. The second kappa shape index (κ2) is 7.38. The zero-order valence-electron chi connectivity index (χ0n) is 12.1. The van der Waals surface area contributed by atoms with Crippen molar-refractivity contribution >= 4 is 35.0 Å². The summed E-state index contributed by atoms with van der Waals surface area (Å²) in [5, 5.41) is 14.8. The van der Waals surface area contributed by atoms with Crippen molar-refractivity contribution < 1.29 is 14.3 Å². The molecule has 22 heavy (non-hydrogen) atoms. The Morgan fingerprint density at radius 2 is 2.18 bits per heavy atom. The van der Waals surface area contributed by atoms with E-state index in [1.807, 2.05) is 0 Å². The molecule has 1 unspecified atom stereocenters. The molecule has 7 heteroatoms. The summed E-state index contributed by atoms with van der Waals surface area (Å²) in [5.74, 6) is 0.328. The summed E-state index contributed by atoms with van der Waals surface area (Å²) in [4.78, 5) is 12.2. The summed E-state index contributed by atoms with van der Waals surface area (Å²) < 4.78 is 5.79. The molecule has 2 aromatic rings. The number of pyridine rings is 1. The zero-order chi connectivity index (χ0) is 16.1. The number of nitrogens with zero attached hydrogens (tertiary/aromatic N) is 1. The third kappa shape index (κ3) is 4.05. The van der Waals surface area contributed by atoms with Crippen LogP contribution in [0.5, 0.6) is 5.75 Å². The van der Waals surface area contributed by atoms with Crippen molar-refractivity contribution in [1.82, 2.24) is 0 Å². The second-order valence-corrected chi connectivity index (χ2v) is 6.23. The molecule has 0 aliphatic rings. The number of thioether (sulfide) groups is 1. The van der Waals surface area contributed by atoms with Crippen LogP contribution in [0, 0.1) is 5.21 Å². The summed E-state index contributed by atoms with van der Waals surface area (Å²) in [6, 6.07) is 10.1. The van der Waals surface area contributed by atoms with Crippen LogP contribution in [-0.4, -0.2) is 18.3 Å². The van der Waals surface area contributed by atoms with Crippen molar-refractivity contribution in [2.24, 2.45) is 0 Å². The van der Waals surface area contributed by atoms with E-state index in [9.17, 15) is 10.0 Å². The first-order valence-electron chi connectivity index (χ1n) is 6.50. The standard InChI is InChI=1S/C15H15ClN2O3S/c1-10(22-14-5-3-4-8-18(14)20)15(19)17-11-6-7-13(21-2)12(16)9-11/h3-10H,1-2H3,(H,17,19). The first kappa shape index (κ1) is 16.5. The Bertz CT molecular complexity index is 682. The van der Waals surface area contributed by atoms with Gasteiger partial charge < -0.3 is 15.3 Å². The lowest BCUT2D eigenvalue weighted by Crippen LogP contribution is -2.30. The van der Waals surface area contributed by atoms with Gasteiger partial charge >= 0.3 is 0 Å². The predicted molar refractivity (Wildman–Crippen MR) is 87.4 cm³/mol. The van der Waals surface area contributed by atoms with Crippen LogP contribution in [0.4, 0.5) is 5.69 Å². The number of anilines is 1. The number of carbonyl (C=O) groups excluding carboxylic acids is 1. The van der Waals surface area contributed by atoms with Crippen LogP contribution in [0.1, 0.15) is 6.92 Å². The Hall–Kier alpha value is -1.92. The highest BCUT2D eigenvalue weighted by Crippen LogP contribution is 2.28. The Morgan fingerprint density at radius 1 is 1.41 bits per heavy atom. The van der Waals surface area contributed by atoms with Gasteiger partial charge in [0.2, 0.25) is 5.91 Å². The molecular weight excluding hydrogens is 324 g/mol. The van der Waals surface area contributed by atoms with Crippen molar-refractivity contribution in [3.05, 3.63) is 52.8 Å². The summed E-state index contributed by atoms with van der Waals surface area (Å²) in [6.07, 6.45) is 1.40. The molecule has 0 spiro atoms. The van der Waals surface area contributed by atoms with Crippen LogP contribution in [0.15, 0.2) is 47.6 Å².